The summed E-state index contributed by atoms with van der Waals surface area (Å²) >= 11 is 0. The summed E-state index contributed by atoms with van der Waals surface area (Å²) < 4.78 is 19.0. The van der Waals surface area contributed by atoms with Crippen LogP contribution in [0.5, 0.6) is 5.75 Å². The second-order valence-corrected chi connectivity index (χ2v) is 4.94. The number of hydrogen-bond acceptors (Lipinski definition) is 2. The number of rotatable bonds is 5. The minimum absolute atomic E-state index is 0.00320. The Labute approximate surface area is 102 Å². The minimum atomic E-state index is -0.272. The van der Waals surface area contributed by atoms with Gasteiger partial charge in [-0.1, -0.05) is 12.5 Å². The third kappa shape index (κ3) is 3.43. The number of halogens is 1. The van der Waals surface area contributed by atoms with Crippen molar-refractivity contribution in [3.8, 4) is 5.75 Å². The van der Waals surface area contributed by atoms with Crippen LogP contribution in [0.1, 0.15) is 38.7 Å². The number of ether oxygens (including phenoxy) is 1. The fraction of sp³-hybridized carbons (Fsp3) is 0.571. The van der Waals surface area contributed by atoms with E-state index in [9.17, 15) is 4.39 Å². The molecule has 1 aromatic carbocycles. The summed E-state index contributed by atoms with van der Waals surface area (Å²) in [6.45, 7) is 4.53. The van der Waals surface area contributed by atoms with Gasteiger partial charge in [0.25, 0.3) is 0 Å². The van der Waals surface area contributed by atoms with E-state index in [4.69, 9.17) is 4.74 Å². The fourth-order valence-electron chi connectivity index (χ4n) is 1.88. The van der Waals surface area contributed by atoms with Crippen LogP contribution in [0.4, 0.5) is 4.39 Å². The first-order valence-corrected chi connectivity index (χ1v) is 6.33. The quantitative estimate of drug-likeness (QED) is 0.848. The van der Waals surface area contributed by atoms with E-state index in [0.717, 1.165) is 12.1 Å². The first-order chi connectivity index (χ1) is 8.15. The second kappa shape index (κ2) is 5.50. The standard InChI is InChI=1S/C14H20FNO/c1-10(2)17-14-7-6-11(8-13(14)15)9-16-12-4-3-5-12/h6-8,10,12,16H,3-5,9H2,1-2H3. The third-order valence-electron chi connectivity index (χ3n) is 3.06. The van der Waals surface area contributed by atoms with Crippen molar-refractivity contribution < 1.29 is 9.13 Å². The largest absolute Gasteiger partial charge is 0.488 e. The lowest BCUT2D eigenvalue weighted by atomic mass is 9.93. The Bertz CT molecular complexity index is 374. The van der Waals surface area contributed by atoms with Gasteiger partial charge >= 0.3 is 0 Å². The van der Waals surface area contributed by atoms with E-state index in [2.05, 4.69) is 5.32 Å². The summed E-state index contributed by atoms with van der Waals surface area (Å²) in [5.41, 5.74) is 0.977. The number of nitrogens with one attached hydrogen (secondary N) is 1. The first kappa shape index (κ1) is 12.4. The Morgan fingerprint density at radius 1 is 1.41 bits per heavy atom. The predicted molar refractivity (Wildman–Crippen MR) is 66.6 cm³/mol. The molecule has 0 atom stereocenters. The van der Waals surface area contributed by atoms with Crippen LogP contribution in [-0.4, -0.2) is 12.1 Å². The van der Waals surface area contributed by atoms with Gasteiger partial charge in [-0.25, -0.2) is 4.39 Å². The highest BCUT2D eigenvalue weighted by atomic mass is 19.1. The monoisotopic (exact) mass is 237 g/mol. The van der Waals surface area contributed by atoms with Crippen molar-refractivity contribution in [3.05, 3.63) is 29.6 Å². The maximum atomic E-state index is 13.7. The molecular formula is C14H20FNO. The number of hydrogen-bond donors (Lipinski definition) is 1. The summed E-state index contributed by atoms with van der Waals surface area (Å²) in [6, 6.07) is 5.83. The molecule has 0 unspecified atom stereocenters. The van der Waals surface area contributed by atoms with E-state index in [-0.39, 0.29) is 11.9 Å². The lowest BCUT2D eigenvalue weighted by Gasteiger charge is -2.26. The molecule has 0 bridgehead atoms. The molecule has 0 saturated heterocycles. The normalized spacial score (nSPS) is 16.0. The molecule has 1 aliphatic rings. The molecule has 0 spiro atoms. The Kier molecular flexibility index (Phi) is 4.00. The molecule has 1 N–H and O–H groups in total. The van der Waals surface area contributed by atoms with Gasteiger partial charge in [-0.15, -0.1) is 0 Å². The van der Waals surface area contributed by atoms with Gasteiger partial charge in [-0.2, -0.15) is 0 Å². The topological polar surface area (TPSA) is 21.3 Å². The Morgan fingerprint density at radius 2 is 2.18 bits per heavy atom. The highest BCUT2D eigenvalue weighted by Gasteiger charge is 2.16. The molecule has 2 nitrogen and oxygen atoms in total. The summed E-state index contributed by atoms with van der Waals surface area (Å²) in [6.07, 6.45) is 3.81. The summed E-state index contributed by atoms with van der Waals surface area (Å²) in [5, 5.41) is 3.42. The molecule has 0 aromatic heterocycles. The highest BCUT2D eigenvalue weighted by molar-refractivity contribution is 5.29. The summed E-state index contributed by atoms with van der Waals surface area (Å²) in [4.78, 5) is 0. The molecule has 94 valence electrons. The molecule has 1 saturated carbocycles. The van der Waals surface area contributed by atoms with Gasteiger partial charge < -0.3 is 10.1 Å². The van der Waals surface area contributed by atoms with Crippen molar-refractivity contribution in [2.75, 3.05) is 0 Å². The van der Waals surface area contributed by atoms with Crippen molar-refractivity contribution in [1.29, 1.82) is 0 Å². The Hall–Kier alpha value is -1.09. The molecule has 0 amide bonds. The lowest BCUT2D eigenvalue weighted by molar-refractivity contribution is 0.231. The molecule has 3 heteroatoms. The van der Waals surface area contributed by atoms with Crippen LogP contribution in [0.25, 0.3) is 0 Å². The Balaban J connectivity index is 1.92. The van der Waals surface area contributed by atoms with Crippen LogP contribution in [0, 0.1) is 5.82 Å². The van der Waals surface area contributed by atoms with Crippen LogP contribution in [0.3, 0.4) is 0 Å². The van der Waals surface area contributed by atoms with E-state index >= 15 is 0 Å². The van der Waals surface area contributed by atoms with Gasteiger partial charge in [0.15, 0.2) is 11.6 Å². The molecule has 0 radical (unpaired) electrons. The molecule has 1 aliphatic carbocycles. The van der Waals surface area contributed by atoms with Gasteiger partial charge in [-0.05, 0) is 44.4 Å². The Morgan fingerprint density at radius 3 is 2.71 bits per heavy atom. The number of benzene rings is 1. The zero-order valence-corrected chi connectivity index (χ0v) is 10.5. The van der Waals surface area contributed by atoms with E-state index < -0.39 is 0 Å². The second-order valence-electron chi connectivity index (χ2n) is 4.94. The molecule has 1 aromatic rings. The van der Waals surface area contributed by atoms with Crippen molar-refractivity contribution in [1.82, 2.24) is 5.32 Å². The van der Waals surface area contributed by atoms with Gasteiger partial charge in [0, 0.05) is 12.6 Å². The van der Waals surface area contributed by atoms with Crippen molar-refractivity contribution in [2.45, 2.75) is 51.8 Å². The van der Waals surface area contributed by atoms with Crippen molar-refractivity contribution in [2.24, 2.45) is 0 Å². The average Bonchev–Trinajstić information content (AvgIpc) is 2.19. The SMILES string of the molecule is CC(C)Oc1ccc(CNC2CCC2)cc1F. The fourth-order valence-corrected chi connectivity index (χ4v) is 1.88. The summed E-state index contributed by atoms with van der Waals surface area (Å²) in [7, 11) is 0. The molecule has 17 heavy (non-hydrogen) atoms. The third-order valence-corrected chi connectivity index (χ3v) is 3.06. The van der Waals surface area contributed by atoms with Gasteiger partial charge in [-0.3, -0.25) is 0 Å². The minimum Gasteiger partial charge on any atom is -0.488 e. The molecule has 1 fully saturated rings. The van der Waals surface area contributed by atoms with Gasteiger partial charge in [0.2, 0.25) is 0 Å². The van der Waals surface area contributed by atoms with Crippen LogP contribution in [-0.2, 0) is 6.54 Å². The van der Waals surface area contributed by atoms with Crippen molar-refractivity contribution >= 4 is 0 Å². The zero-order chi connectivity index (χ0) is 12.3. The lowest BCUT2D eigenvalue weighted by Crippen LogP contribution is -2.34. The van der Waals surface area contributed by atoms with Crippen LogP contribution in [0.15, 0.2) is 18.2 Å². The summed E-state index contributed by atoms with van der Waals surface area (Å²) in [5.74, 6) is 0.0685. The van der Waals surface area contributed by atoms with E-state index in [1.807, 2.05) is 19.9 Å². The smallest absolute Gasteiger partial charge is 0.165 e. The van der Waals surface area contributed by atoms with Gasteiger partial charge in [0.1, 0.15) is 0 Å². The van der Waals surface area contributed by atoms with Crippen molar-refractivity contribution in [3.63, 3.8) is 0 Å². The van der Waals surface area contributed by atoms with Gasteiger partial charge in [0.05, 0.1) is 6.10 Å². The van der Waals surface area contributed by atoms with Crippen LogP contribution >= 0.6 is 0 Å². The first-order valence-electron chi connectivity index (χ1n) is 6.33. The van der Waals surface area contributed by atoms with Crippen LogP contribution < -0.4 is 10.1 Å². The average molecular weight is 237 g/mol. The van der Waals surface area contributed by atoms with Crippen LogP contribution in [0.2, 0.25) is 0 Å². The molecular weight excluding hydrogens is 217 g/mol. The maximum absolute atomic E-state index is 13.7. The van der Waals surface area contributed by atoms with E-state index in [1.165, 1.54) is 19.3 Å². The molecule has 0 aliphatic heterocycles. The highest BCUT2D eigenvalue weighted by Crippen LogP contribution is 2.21. The molecule has 0 heterocycles. The zero-order valence-electron chi connectivity index (χ0n) is 10.5. The predicted octanol–water partition coefficient (Wildman–Crippen LogP) is 3.26. The van der Waals surface area contributed by atoms with E-state index in [1.54, 1.807) is 12.1 Å². The molecule has 2 rings (SSSR count). The van der Waals surface area contributed by atoms with E-state index in [0.29, 0.717) is 11.8 Å². The maximum Gasteiger partial charge on any atom is 0.165 e.